The molecule has 1 aliphatic carbocycles. The van der Waals surface area contributed by atoms with Gasteiger partial charge in [0.2, 0.25) is 0 Å². The molecule has 0 bridgehead atoms. The fourth-order valence-electron chi connectivity index (χ4n) is 3.22. The summed E-state index contributed by atoms with van der Waals surface area (Å²) in [5, 5.41) is 3.76. The van der Waals surface area contributed by atoms with Crippen LogP contribution in [-0.4, -0.2) is 12.1 Å². The maximum Gasteiger partial charge on any atom is 0.105 e. The van der Waals surface area contributed by atoms with Gasteiger partial charge in [0, 0.05) is 18.5 Å². The van der Waals surface area contributed by atoms with Crippen LogP contribution < -0.4 is 5.32 Å². The van der Waals surface area contributed by atoms with Gasteiger partial charge in [0.1, 0.15) is 5.76 Å². The Morgan fingerprint density at radius 3 is 2.72 bits per heavy atom. The predicted molar refractivity (Wildman–Crippen MR) is 75.7 cm³/mol. The number of nitrogens with one attached hydrogen (secondary N) is 1. The first-order chi connectivity index (χ1) is 8.78. The lowest BCUT2D eigenvalue weighted by Crippen LogP contribution is -2.40. The van der Waals surface area contributed by atoms with Crippen molar-refractivity contribution in [3.05, 3.63) is 24.2 Å². The highest BCUT2D eigenvalue weighted by Crippen LogP contribution is 2.28. The molecular weight excluding hydrogens is 222 g/mol. The SMILES string of the molecule is CCCC1CCC(NC(C)Cc2ccco2)CC1. The molecule has 1 unspecified atom stereocenters. The van der Waals surface area contributed by atoms with E-state index >= 15 is 0 Å². The smallest absolute Gasteiger partial charge is 0.105 e. The Balaban J connectivity index is 1.68. The third-order valence-electron chi connectivity index (χ3n) is 4.15. The average Bonchev–Trinajstić information content (AvgIpc) is 2.84. The number of furan rings is 1. The lowest BCUT2D eigenvalue weighted by molar-refractivity contribution is 0.263. The Morgan fingerprint density at radius 1 is 1.33 bits per heavy atom. The molecule has 1 aromatic rings. The second-order valence-corrected chi connectivity index (χ2v) is 5.86. The van der Waals surface area contributed by atoms with Crippen LogP contribution in [0.3, 0.4) is 0 Å². The fourth-order valence-corrected chi connectivity index (χ4v) is 3.22. The maximum atomic E-state index is 5.40. The van der Waals surface area contributed by atoms with Crippen molar-refractivity contribution in [3.63, 3.8) is 0 Å². The van der Waals surface area contributed by atoms with Crippen molar-refractivity contribution in [1.82, 2.24) is 5.32 Å². The molecule has 1 N–H and O–H groups in total. The topological polar surface area (TPSA) is 25.2 Å². The summed E-state index contributed by atoms with van der Waals surface area (Å²) in [5.74, 6) is 2.09. The van der Waals surface area contributed by atoms with Crippen LogP contribution in [0.5, 0.6) is 0 Å². The molecule has 0 aliphatic heterocycles. The average molecular weight is 249 g/mol. The molecule has 1 aliphatic rings. The molecular formula is C16H27NO. The van der Waals surface area contributed by atoms with Crippen molar-refractivity contribution in [1.29, 1.82) is 0 Å². The summed E-state index contributed by atoms with van der Waals surface area (Å²) in [6, 6.07) is 5.28. The zero-order valence-electron chi connectivity index (χ0n) is 11.8. The monoisotopic (exact) mass is 249 g/mol. The zero-order chi connectivity index (χ0) is 12.8. The number of rotatable bonds is 6. The lowest BCUT2D eigenvalue weighted by Gasteiger charge is -2.31. The molecule has 0 spiro atoms. The summed E-state index contributed by atoms with van der Waals surface area (Å²) < 4.78 is 5.40. The highest BCUT2D eigenvalue weighted by molar-refractivity contribution is 5.00. The normalized spacial score (nSPS) is 26.1. The zero-order valence-corrected chi connectivity index (χ0v) is 11.8. The Hall–Kier alpha value is -0.760. The molecule has 1 saturated carbocycles. The molecule has 102 valence electrons. The van der Waals surface area contributed by atoms with Gasteiger partial charge in [-0.3, -0.25) is 0 Å². The van der Waals surface area contributed by atoms with Gasteiger partial charge in [0.05, 0.1) is 6.26 Å². The molecule has 0 aromatic carbocycles. The highest BCUT2D eigenvalue weighted by Gasteiger charge is 2.21. The van der Waals surface area contributed by atoms with Gasteiger partial charge in [0.15, 0.2) is 0 Å². The Kier molecular flexibility index (Phi) is 5.30. The van der Waals surface area contributed by atoms with Crippen LogP contribution in [0.25, 0.3) is 0 Å². The summed E-state index contributed by atoms with van der Waals surface area (Å²) in [6.07, 6.45) is 11.1. The van der Waals surface area contributed by atoms with Crippen molar-refractivity contribution >= 4 is 0 Å². The van der Waals surface area contributed by atoms with E-state index in [4.69, 9.17) is 4.42 Å². The summed E-state index contributed by atoms with van der Waals surface area (Å²) in [6.45, 7) is 4.57. The van der Waals surface area contributed by atoms with E-state index in [0.717, 1.165) is 24.1 Å². The van der Waals surface area contributed by atoms with Crippen molar-refractivity contribution in [3.8, 4) is 0 Å². The van der Waals surface area contributed by atoms with E-state index in [-0.39, 0.29) is 0 Å². The third-order valence-corrected chi connectivity index (χ3v) is 4.15. The summed E-state index contributed by atoms with van der Waals surface area (Å²) in [7, 11) is 0. The number of hydrogen-bond acceptors (Lipinski definition) is 2. The standard InChI is InChI=1S/C16H27NO/c1-3-5-14-7-9-15(10-8-14)17-13(2)12-16-6-4-11-18-16/h4,6,11,13-15,17H,3,5,7-10,12H2,1-2H3. The van der Waals surface area contributed by atoms with Crippen molar-refractivity contribution in [2.75, 3.05) is 0 Å². The van der Waals surface area contributed by atoms with Crippen molar-refractivity contribution < 1.29 is 4.42 Å². The molecule has 2 nitrogen and oxygen atoms in total. The first-order valence-electron chi connectivity index (χ1n) is 7.56. The largest absolute Gasteiger partial charge is 0.469 e. The van der Waals surface area contributed by atoms with Crippen LogP contribution in [0.4, 0.5) is 0 Å². The van der Waals surface area contributed by atoms with Gasteiger partial charge in [-0.05, 0) is 50.7 Å². The molecule has 0 saturated heterocycles. The van der Waals surface area contributed by atoms with Gasteiger partial charge in [0.25, 0.3) is 0 Å². The summed E-state index contributed by atoms with van der Waals surface area (Å²) in [4.78, 5) is 0. The first-order valence-corrected chi connectivity index (χ1v) is 7.56. The molecule has 1 heterocycles. The van der Waals surface area contributed by atoms with Crippen LogP contribution in [-0.2, 0) is 6.42 Å². The minimum atomic E-state index is 0.517. The van der Waals surface area contributed by atoms with Crippen LogP contribution in [0, 0.1) is 5.92 Å². The third kappa shape index (κ3) is 4.16. The van der Waals surface area contributed by atoms with Gasteiger partial charge >= 0.3 is 0 Å². The summed E-state index contributed by atoms with van der Waals surface area (Å²) in [5.41, 5.74) is 0. The van der Waals surface area contributed by atoms with E-state index in [1.165, 1.54) is 38.5 Å². The Bertz CT molecular complexity index is 312. The molecule has 1 fully saturated rings. The Morgan fingerprint density at radius 2 is 2.11 bits per heavy atom. The van der Waals surface area contributed by atoms with Gasteiger partial charge in [-0.25, -0.2) is 0 Å². The van der Waals surface area contributed by atoms with E-state index in [9.17, 15) is 0 Å². The summed E-state index contributed by atoms with van der Waals surface area (Å²) >= 11 is 0. The van der Waals surface area contributed by atoms with E-state index in [0.29, 0.717) is 6.04 Å². The number of hydrogen-bond donors (Lipinski definition) is 1. The molecule has 1 atom stereocenters. The minimum Gasteiger partial charge on any atom is -0.469 e. The van der Waals surface area contributed by atoms with E-state index in [1.807, 2.05) is 6.07 Å². The highest BCUT2D eigenvalue weighted by atomic mass is 16.3. The van der Waals surface area contributed by atoms with Gasteiger partial charge in [-0.1, -0.05) is 19.8 Å². The second kappa shape index (κ2) is 6.98. The molecule has 2 heteroatoms. The molecule has 1 aromatic heterocycles. The van der Waals surface area contributed by atoms with Gasteiger partial charge in [-0.2, -0.15) is 0 Å². The van der Waals surface area contributed by atoms with Crippen LogP contribution in [0.1, 0.15) is 58.1 Å². The molecule has 2 rings (SSSR count). The van der Waals surface area contributed by atoms with E-state index < -0.39 is 0 Å². The molecule has 0 amide bonds. The van der Waals surface area contributed by atoms with Crippen LogP contribution in [0.2, 0.25) is 0 Å². The van der Waals surface area contributed by atoms with Crippen LogP contribution >= 0.6 is 0 Å². The predicted octanol–water partition coefficient (Wildman–Crippen LogP) is 4.16. The van der Waals surface area contributed by atoms with E-state index in [2.05, 4.69) is 25.2 Å². The van der Waals surface area contributed by atoms with E-state index in [1.54, 1.807) is 6.26 Å². The second-order valence-electron chi connectivity index (χ2n) is 5.86. The minimum absolute atomic E-state index is 0.517. The quantitative estimate of drug-likeness (QED) is 0.819. The van der Waals surface area contributed by atoms with Gasteiger partial charge in [-0.15, -0.1) is 0 Å². The molecule has 18 heavy (non-hydrogen) atoms. The Labute approximate surface area is 111 Å². The first kappa shape index (κ1) is 13.7. The van der Waals surface area contributed by atoms with Crippen LogP contribution in [0.15, 0.2) is 22.8 Å². The lowest BCUT2D eigenvalue weighted by atomic mass is 9.83. The fraction of sp³-hybridized carbons (Fsp3) is 0.750. The van der Waals surface area contributed by atoms with Crippen molar-refractivity contribution in [2.24, 2.45) is 5.92 Å². The molecule has 0 radical (unpaired) electrons. The maximum absolute atomic E-state index is 5.40. The van der Waals surface area contributed by atoms with Gasteiger partial charge < -0.3 is 9.73 Å². The van der Waals surface area contributed by atoms with Crippen molar-refractivity contribution in [2.45, 2.75) is 70.9 Å².